The lowest BCUT2D eigenvalue weighted by Crippen LogP contribution is -2.38. The van der Waals surface area contributed by atoms with Crippen LogP contribution in [0.3, 0.4) is 0 Å². The van der Waals surface area contributed by atoms with Crippen LogP contribution in [0, 0.1) is 0 Å². The van der Waals surface area contributed by atoms with Crippen LogP contribution in [0.25, 0.3) is 0 Å². The van der Waals surface area contributed by atoms with Crippen LogP contribution in [0.5, 0.6) is 0 Å². The summed E-state index contributed by atoms with van der Waals surface area (Å²) in [4.78, 5) is 11.7. The quantitative estimate of drug-likeness (QED) is 0.775. The summed E-state index contributed by atoms with van der Waals surface area (Å²) in [5.74, 6) is -0.787. The first-order valence-corrected chi connectivity index (χ1v) is 4.91. The van der Waals surface area contributed by atoms with Gasteiger partial charge in [0.25, 0.3) is 0 Å². The molecule has 0 aliphatic rings. The molecule has 1 rings (SSSR count). The normalized spacial score (nSPS) is 15.2. The van der Waals surface area contributed by atoms with Crippen molar-refractivity contribution in [3.8, 4) is 0 Å². The molecular weight excluding hydrogens is 186 g/mol. The molecule has 1 aromatic heterocycles. The average molecular weight is 199 g/mol. The van der Waals surface area contributed by atoms with Gasteiger partial charge in [-0.2, -0.15) is 0 Å². The Morgan fingerprint density at radius 1 is 1.77 bits per heavy atom. The summed E-state index contributed by atoms with van der Waals surface area (Å²) < 4.78 is 0. The number of nitrogens with one attached hydrogen (secondary N) is 1. The van der Waals surface area contributed by atoms with Crippen molar-refractivity contribution in [2.45, 2.75) is 18.9 Å². The van der Waals surface area contributed by atoms with E-state index in [2.05, 4.69) is 5.32 Å². The Hall–Kier alpha value is -0.870. The largest absolute Gasteiger partial charge is 0.481 e. The second-order valence-corrected chi connectivity index (χ2v) is 4.08. The maximum absolute atomic E-state index is 10.6. The topological polar surface area (TPSA) is 49.3 Å². The van der Waals surface area contributed by atoms with Crippen LogP contribution < -0.4 is 5.32 Å². The Balaban J connectivity index is 2.87. The van der Waals surface area contributed by atoms with E-state index in [9.17, 15) is 4.79 Å². The highest BCUT2D eigenvalue weighted by molar-refractivity contribution is 7.10. The van der Waals surface area contributed by atoms with Crippen LogP contribution in [-0.2, 0) is 10.3 Å². The minimum absolute atomic E-state index is 0.101. The second kappa shape index (κ2) is 3.89. The number of thiophene rings is 1. The zero-order valence-corrected chi connectivity index (χ0v) is 8.52. The fourth-order valence-corrected chi connectivity index (χ4v) is 2.09. The number of rotatable bonds is 4. The monoisotopic (exact) mass is 199 g/mol. The fourth-order valence-electron chi connectivity index (χ4n) is 1.19. The number of aliphatic carboxylic acids is 1. The van der Waals surface area contributed by atoms with Gasteiger partial charge in [0.2, 0.25) is 0 Å². The van der Waals surface area contributed by atoms with Gasteiger partial charge in [0.15, 0.2) is 0 Å². The summed E-state index contributed by atoms with van der Waals surface area (Å²) in [5, 5.41) is 13.7. The van der Waals surface area contributed by atoms with E-state index in [0.717, 1.165) is 4.88 Å². The molecule has 0 saturated carbocycles. The van der Waals surface area contributed by atoms with Gasteiger partial charge in [0, 0.05) is 4.88 Å². The lowest BCUT2D eigenvalue weighted by atomic mass is 9.96. The third kappa shape index (κ3) is 2.29. The van der Waals surface area contributed by atoms with Crippen molar-refractivity contribution in [1.82, 2.24) is 5.32 Å². The van der Waals surface area contributed by atoms with Crippen molar-refractivity contribution in [3.05, 3.63) is 22.4 Å². The molecule has 0 aromatic carbocycles. The summed E-state index contributed by atoms with van der Waals surface area (Å²) in [6.45, 7) is 1.90. The van der Waals surface area contributed by atoms with E-state index in [1.165, 1.54) is 0 Å². The van der Waals surface area contributed by atoms with E-state index in [0.29, 0.717) is 0 Å². The highest BCUT2D eigenvalue weighted by atomic mass is 32.1. The molecule has 0 radical (unpaired) electrons. The van der Waals surface area contributed by atoms with Gasteiger partial charge in [-0.05, 0) is 25.4 Å². The highest BCUT2D eigenvalue weighted by Gasteiger charge is 2.28. The minimum atomic E-state index is -0.787. The third-order valence-corrected chi connectivity index (χ3v) is 3.26. The van der Waals surface area contributed by atoms with Crippen molar-refractivity contribution in [1.29, 1.82) is 0 Å². The third-order valence-electron chi connectivity index (χ3n) is 2.12. The van der Waals surface area contributed by atoms with Gasteiger partial charge < -0.3 is 10.4 Å². The number of carbonyl (C=O) groups is 1. The molecule has 0 aliphatic heterocycles. The summed E-state index contributed by atoms with van der Waals surface area (Å²) >= 11 is 1.57. The molecule has 0 aliphatic carbocycles. The molecule has 0 fully saturated rings. The highest BCUT2D eigenvalue weighted by Crippen LogP contribution is 2.27. The van der Waals surface area contributed by atoms with E-state index in [1.54, 1.807) is 18.4 Å². The lowest BCUT2D eigenvalue weighted by molar-refractivity contribution is -0.138. The van der Waals surface area contributed by atoms with Crippen LogP contribution in [0.2, 0.25) is 0 Å². The SMILES string of the molecule is CNC(C)(CC(=O)O)c1cccs1. The molecule has 0 amide bonds. The number of hydrogen-bond donors (Lipinski definition) is 2. The maximum atomic E-state index is 10.6. The first kappa shape index (κ1) is 10.2. The number of hydrogen-bond acceptors (Lipinski definition) is 3. The summed E-state index contributed by atoms with van der Waals surface area (Å²) in [7, 11) is 1.78. The molecule has 0 spiro atoms. The molecule has 3 nitrogen and oxygen atoms in total. The average Bonchev–Trinajstić information content (AvgIpc) is 2.55. The van der Waals surface area contributed by atoms with Crippen molar-refractivity contribution >= 4 is 17.3 Å². The molecule has 72 valence electrons. The predicted molar refractivity (Wildman–Crippen MR) is 53.0 cm³/mol. The first-order valence-electron chi connectivity index (χ1n) is 4.03. The molecule has 1 unspecified atom stereocenters. The predicted octanol–water partition coefficient (Wildman–Crippen LogP) is 1.66. The molecule has 1 heterocycles. The van der Waals surface area contributed by atoms with Crippen LogP contribution in [-0.4, -0.2) is 18.1 Å². The Bertz CT molecular complexity index is 284. The summed E-state index contributed by atoms with van der Waals surface area (Å²) in [6, 6.07) is 3.88. The van der Waals surface area contributed by atoms with Crippen LogP contribution in [0.1, 0.15) is 18.2 Å². The van der Waals surface area contributed by atoms with Crippen molar-refractivity contribution in [3.63, 3.8) is 0 Å². The van der Waals surface area contributed by atoms with Crippen LogP contribution in [0.15, 0.2) is 17.5 Å². The Kier molecular flexibility index (Phi) is 3.06. The standard InChI is InChI=1S/C9H13NO2S/c1-9(10-2,6-8(11)12)7-4-3-5-13-7/h3-5,10H,6H2,1-2H3,(H,11,12). The van der Waals surface area contributed by atoms with Crippen LogP contribution >= 0.6 is 11.3 Å². The van der Waals surface area contributed by atoms with Gasteiger partial charge in [-0.25, -0.2) is 0 Å². The maximum Gasteiger partial charge on any atom is 0.305 e. The summed E-state index contributed by atoms with van der Waals surface area (Å²) in [5.41, 5.74) is -0.444. The zero-order valence-electron chi connectivity index (χ0n) is 7.70. The van der Waals surface area contributed by atoms with Crippen molar-refractivity contribution in [2.75, 3.05) is 7.05 Å². The van der Waals surface area contributed by atoms with Gasteiger partial charge in [0.1, 0.15) is 0 Å². The molecule has 2 N–H and O–H groups in total. The molecule has 1 aromatic rings. The zero-order chi connectivity index (χ0) is 9.90. The van der Waals surface area contributed by atoms with E-state index in [-0.39, 0.29) is 6.42 Å². The molecule has 0 saturated heterocycles. The molecule has 4 heteroatoms. The molecule has 0 bridgehead atoms. The number of carboxylic acids is 1. The molecular formula is C9H13NO2S. The van der Waals surface area contributed by atoms with Crippen LogP contribution in [0.4, 0.5) is 0 Å². The van der Waals surface area contributed by atoms with Gasteiger partial charge in [-0.1, -0.05) is 6.07 Å². The van der Waals surface area contributed by atoms with E-state index < -0.39 is 11.5 Å². The van der Waals surface area contributed by atoms with Crippen molar-refractivity contribution in [2.24, 2.45) is 0 Å². The van der Waals surface area contributed by atoms with E-state index in [4.69, 9.17) is 5.11 Å². The lowest BCUT2D eigenvalue weighted by Gasteiger charge is -2.25. The van der Waals surface area contributed by atoms with Crippen molar-refractivity contribution < 1.29 is 9.90 Å². The Labute approximate surface area is 81.4 Å². The van der Waals surface area contributed by atoms with Gasteiger partial charge in [-0.15, -0.1) is 11.3 Å². The Morgan fingerprint density at radius 3 is 2.85 bits per heavy atom. The summed E-state index contributed by atoms with van der Waals surface area (Å²) in [6.07, 6.45) is 0.101. The fraction of sp³-hybridized carbons (Fsp3) is 0.444. The first-order chi connectivity index (χ1) is 6.08. The smallest absolute Gasteiger partial charge is 0.305 e. The van der Waals surface area contributed by atoms with Gasteiger partial charge in [0.05, 0.1) is 12.0 Å². The van der Waals surface area contributed by atoms with E-state index >= 15 is 0 Å². The van der Waals surface area contributed by atoms with E-state index in [1.807, 2.05) is 24.4 Å². The van der Waals surface area contributed by atoms with Gasteiger partial charge >= 0.3 is 5.97 Å². The molecule has 1 atom stereocenters. The Morgan fingerprint density at radius 2 is 2.46 bits per heavy atom. The minimum Gasteiger partial charge on any atom is -0.481 e. The second-order valence-electron chi connectivity index (χ2n) is 3.13. The van der Waals surface area contributed by atoms with Gasteiger partial charge in [-0.3, -0.25) is 4.79 Å². The molecule has 13 heavy (non-hydrogen) atoms. The number of carboxylic acid groups (broad SMARTS) is 1.